The molecule has 3 heterocycles. The van der Waals surface area contributed by atoms with Crippen LogP contribution in [0.1, 0.15) is 21.5 Å². The second-order valence-electron chi connectivity index (χ2n) is 9.71. The van der Waals surface area contributed by atoms with Gasteiger partial charge in [0.25, 0.3) is 5.91 Å². The van der Waals surface area contributed by atoms with E-state index in [4.69, 9.17) is 9.72 Å². The molecule has 1 saturated heterocycles. The molecule has 2 aliphatic heterocycles. The molecule has 8 nitrogen and oxygen atoms in total. The van der Waals surface area contributed by atoms with Crippen molar-refractivity contribution in [1.82, 2.24) is 15.6 Å². The average Bonchev–Trinajstić information content (AvgIpc) is 2.96. The molecule has 2 N–H and O–H groups in total. The predicted molar refractivity (Wildman–Crippen MR) is 153 cm³/mol. The van der Waals surface area contributed by atoms with Gasteiger partial charge in [0.2, 0.25) is 0 Å². The van der Waals surface area contributed by atoms with Crippen molar-refractivity contribution in [2.75, 3.05) is 50.5 Å². The zero-order chi connectivity index (χ0) is 27.4. The number of anilines is 1. The number of amides is 1. The van der Waals surface area contributed by atoms with Gasteiger partial charge in [0.1, 0.15) is 5.82 Å². The van der Waals surface area contributed by atoms with E-state index in [1.807, 2.05) is 30.3 Å². The van der Waals surface area contributed by atoms with E-state index in [1.165, 1.54) is 6.07 Å². The van der Waals surface area contributed by atoms with Crippen molar-refractivity contribution < 1.29 is 17.9 Å². The Kier molecular flexibility index (Phi) is 7.81. The molecule has 0 unspecified atom stereocenters. The molecular formula is C30H32N4O4S. The van der Waals surface area contributed by atoms with Gasteiger partial charge in [0.05, 0.1) is 30.3 Å². The molecule has 0 bridgehead atoms. The highest BCUT2D eigenvalue weighted by Gasteiger charge is 2.16. The number of nitrogens with zero attached hydrogens (tertiary/aromatic N) is 2. The van der Waals surface area contributed by atoms with Crippen molar-refractivity contribution in [1.29, 1.82) is 0 Å². The largest absolute Gasteiger partial charge is 0.383 e. The first-order valence-electron chi connectivity index (χ1n) is 12.9. The molecule has 2 aromatic carbocycles. The third-order valence-corrected chi connectivity index (χ3v) is 8.07. The smallest absolute Gasteiger partial charge is 0.251 e. The molecule has 1 fully saturated rings. The Morgan fingerprint density at radius 3 is 2.62 bits per heavy atom. The van der Waals surface area contributed by atoms with Gasteiger partial charge in [-0.25, -0.2) is 13.4 Å². The van der Waals surface area contributed by atoms with E-state index >= 15 is 0 Å². The lowest BCUT2D eigenvalue weighted by molar-refractivity contribution is 0.0956. The SMILES string of the molecule is Cc1ccc(C(=O)NCC2=CC(c3cccc(-c4cccc(N5CCOCC5)n4)c3)=CCN2)cc1S(C)(=O)=O. The number of sulfone groups is 1. The number of pyridine rings is 1. The molecule has 1 aromatic heterocycles. The first-order chi connectivity index (χ1) is 18.8. The van der Waals surface area contributed by atoms with Gasteiger partial charge in [-0.05, 0) is 60.0 Å². The maximum absolute atomic E-state index is 12.8. The molecule has 0 saturated carbocycles. The highest BCUT2D eigenvalue weighted by Crippen LogP contribution is 2.27. The van der Waals surface area contributed by atoms with Gasteiger partial charge in [0, 0.05) is 42.7 Å². The normalized spacial score (nSPS) is 15.7. The standard InChI is InChI=1S/C30H32N4O4S/c1-21-9-10-25(19-28(21)39(2,36)37)30(35)32-20-26-18-23(11-12-31-26)22-5-3-6-24(17-22)27-7-4-8-29(33-27)34-13-15-38-16-14-34/h3-11,17-19,31H,12-16,20H2,1-2H3,(H,32,35). The maximum atomic E-state index is 12.8. The Morgan fingerprint density at radius 1 is 1.05 bits per heavy atom. The lowest BCUT2D eigenvalue weighted by atomic mass is 9.99. The second kappa shape index (κ2) is 11.4. The summed E-state index contributed by atoms with van der Waals surface area (Å²) in [5, 5.41) is 6.20. The number of ether oxygens (including phenoxy) is 1. The topological polar surface area (TPSA) is 101 Å². The van der Waals surface area contributed by atoms with Crippen molar-refractivity contribution in [3.63, 3.8) is 0 Å². The van der Waals surface area contributed by atoms with Gasteiger partial charge in [-0.1, -0.05) is 36.4 Å². The van der Waals surface area contributed by atoms with Gasteiger partial charge < -0.3 is 20.3 Å². The number of allylic oxidation sites excluding steroid dienone is 2. The quantitative estimate of drug-likeness (QED) is 0.469. The van der Waals surface area contributed by atoms with Crippen LogP contribution in [-0.2, 0) is 14.6 Å². The first-order valence-corrected chi connectivity index (χ1v) is 14.8. The Bertz CT molecular complexity index is 1560. The minimum atomic E-state index is -3.42. The molecule has 9 heteroatoms. The van der Waals surface area contributed by atoms with Gasteiger partial charge in [-0.15, -0.1) is 0 Å². The number of hydrogen-bond donors (Lipinski definition) is 2. The van der Waals surface area contributed by atoms with Crippen molar-refractivity contribution in [2.24, 2.45) is 0 Å². The summed E-state index contributed by atoms with van der Waals surface area (Å²) in [6.07, 6.45) is 5.28. The molecule has 39 heavy (non-hydrogen) atoms. The predicted octanol–water partition coefficient (Wildman–Crippen LogP) is 3.60. The molecule has 0 atom stereocenters. The molecule has 0 spiro atoms. The number of rotatable bonds is 7. The number of benzene rings is 2. The fourth-order valence-electron chi connectivity index (χ4n) is 4.73. The molecular weight excluding hydrogens is 512 g/mol. The van der Waals surface area contributed by atoms with Crippen molar-refractivity contribution in [2.45, 2.75) is 11.8 Å². The third kappa shape index (κ3) is 6.38. The third-order valence-electron chi connectivity index (χ3n) is 6.83. The van der Waals surface area contributed by atoms with Crippen LogP contribution in [0.3, 0.4) is 0 Å². The van der Waals surface area contributed by atoms with Crippen LogP contribution in [0.4, 0.5) is 5.82 Å². The van der Waals surface area contributed by atoms with Crippen LogP contribution < -0.4 is 15.5 Å². The number of morpholine rings is 1. The average molecular weight is 545 g/mol. The lowest BCUT2D eigenvalue weighted by Gasteiger charge is -2.28. The Balaban J connectivity index is 1.29. The number of aryl methyl sites for hydroxylation is 1. The van der Waals surface area contributed by atoms with Crippen LogP contribution in [0.5, 0.6) is 0 Å². The Morgan fingerprint density at radius 2 is 1.82 bits per heavy atom. The molecule has 5 rings (SSSR count). The summed E-state index contributed by atoms with van der Waals surface area (Å²) in [7, 11) is -3.42. The van der Waals surface area contributed by atoms with E-state index < -0.39 is 9.84 Å². The van der Waals surface area contributed by atoms with Crippen LogP contribution in [0.25, 0.3) is 16.8 Å². The monoisotopic (exact) mass is 544 g/mol. The van der Waals surface area contributed by atoms with E-state index in [2.05, 4.69) is 39.8 Å². The van der Waals surface area contributed by atoms with E-state index in [0.717, 1.165) is 53.3 Å². The summed E-state index contributed by atoms with van der Waals surface area (Å²) in [5.74, 6) is 0.629. The zero-order valence-corrected chi connectivity index (χ0v) is 22.9. The maximum Gasteiger partial charge on any atom is 0.251 e. The van der Waals surface area contributed by atoms with Crippen LogP contribution in [0.2, 0.25) is 0 Å². The van der Waals surface area contributed by atoms with E-state index in [-0.39, 0.29) is 10.8 Å². The Labute approximate surface area is 229 Å². The van der Waals surface area contributed by atoms with Gasteiger partial charge in [0.15, 0.2) is 9.84 Å². The van der Waals surface area contributed by atoms with E-state index in [9.17, 15) is 13.2 Å². The summed E-state index contributed by atoms with van der Waals surface area (Å²) in [6.45, 7) is 5.74. The van der Waals surface area contributed by atoms with Gasteiger partial charge in [-0.3, -0.25) is 4.79 Å². The number of nitrogens with one attached hydrogen (secondary N) is 2. The zero-order valence-electron chi connectivity index (χ0n) is 22.1. The molecule has 3 aromatic rings. The first kappa shape index (κ1) is 26.6. The van der Waals surface area contributed by atoms with E-state index in [0.29, 0.717) is 37.4 Å². The van der Waals surface area contributed by atoms with E-state index in [1.54, 1.807) is 19.1 Å². The molecule has 202 valence electrons. The molecule has 1 amide bonds. The molecule has 2 aliphatic rings. The fraction of sp³-hybridized carbons (Fsp3) is 0.267. The summed E-state index contributed by atoms with van der Waals surface area (Å²) in [4.78, 5) is 20.1. The second-order valence-corrected chi connectivity index (χ2v) is 11.7. The number of dihydropyridines is 1. The summed E-state index contributed by atoms with van der Waals surface area (Å²) < 4.78 is 29.6. The van der Waals surface area contributed by atoms with Crippen LogP contribution in [0, 0.1) is 6.92 Å². The summed E-state index contributed by atoms with van der Waals surface area (Å²) in [6, 6.07) is 19.1. The summed E-state index contributed by atoms with van der Waals surface area (Å²) >= 11 is 0. The number of carbonyl (C=O) groups excluding carboxylic acids is 1. The van der Waals surface area contributed by atoms with Gasteiger partial charge >= 0.3 is 0 Å². The van der Waals surface area contributed by atoms with Crippen LogP contribution in [-0.4, -0.2) is 65.0 Å². The molecule has 0 radical (unpaired) electrons. The van der Waals surface area contributed by atoms with Crippen molar-refractivity contribution in [3.8, 4) is 11.3 Å². The lowest BCUT2D eigenvalue weighted by Crippen LogP contribution is -2.36. The number of aromatic nitrogens is 1. The van der Waals surface area contributed by atoms with Crippen LogP contribution in [0.15, 0.2) is 83.4 Å². The van der Waals surface area contributed by atoms with Gasteiger partial charge in [-0.2, -0.15) is 0 Å². The summed E-state index contributed by atoms with van der Waals surface area (Å²) in [5.41, 5.74) is 5.86. The minimum absolute atomic E-state index is 0.167. The highest BCUT2D eigenvalue weighted by molar-refractivity contribution is 7.90. The highest BCUT2D eigenvalue weighted by atomic mass is 32.2. The number of carbonyl (C=O) groups is 1. The van der Waals surface area contributed by atoms with Crippen molar-refractivity contribution in [3.05, 3.63) is 95.2 Å². The van der Waals surface area contributed by atoms with Crippen molar-refractivity contribution >= 4 is 27.1 Å². The Hall–Kier alpha value is -3.95. The number of hydrogen-bond acceptors (Lipinski definition) is 7. The van der Waals surface area contributed by atoms with Crippen LogP contribution >= 0.6 is 0 Å². The fourth-order valence-corrected chi connectivity index (χ4v) is 5.73. The minimum Gasteiger partial charge on any atom is -0.383 e. The molecule has 0 aliphatic carbocycles.